The van der Waals surface area contributed by atoms with Gasteiger partial charge in [0, 0.05) is 0 Å². The topological polar surface area (TPSA) is 61.8 Å². The summed E-state index contributed by atoms with van der Waals surface area (Å²) >= 11 is 0. The average molecular weight is 342 g/mol. The molecule has 0 fully saturated rings. The van der Waals surface area contributed by atoms with Crippen LogP contribution < -0.4 is 0 Å². The summed E-state index contributed by atoms with van der Waals surface area (Å²) in [7, 11) is -6.87. The lowest BCUT2D eigenvalue weighted by Gasteiger charge is -2.28. The van der Waals surface area contributed by atoms with Crippen molar-refractivity contribution in [2.24, 2.45) is 0 Å². The Morgan fingerprint density at radius 1 is 0.762 bits per heavy atom. The van der Waals surface area contributed by atoms with Gasteiger partial charge in [-0.05, 0) is 12.8 Å². The molecule has 2 unspecified atom stereocenters. The quantitative estimate of drug-likeness (QED) is 0.329. The highest BCUT2D eigenvalue weighted by atomic mass is 31.3. The first-order valence-electron chi connectivity index (χ1n) is 7.91. The second-order valence-corrected chi connectivity index (χ2v) is 11.1. The maximum atomic E-state index is 12.8. The molecule has 2 atom stereocenters. The standard InChI is InChI=1S/C14H32O5P2/c1-7-9-11-17-20(15,13(3)4)19-21(16,14(5)6)18-12-10-8-2/h13-14H,7-12H2,1-6H3. The average Bonchev–Trinajstić information content (AvgIpc) is 2.39. The minimum atomic E-state index is -3.43. The van der Waals surface area contributed by atoms with E-state index in [0.717, 1.165) is 25.7 Å². The van der Waals surface area contributed by atoms with Gasteiger partial charge in [-0.15, -0.1) is 0 Å². The van der Waals surface area contributed by atoms with Crippen LogP contribution in [0.3, 0.4) is 0 Å². The Morgan fingerprint density at radius 3 is 1.33 bits per heavy atom. The van der Waals surface area contributed by atoms with E-state index in [0.29, 0.717) is 13.2 Å². The number of hydrogen-bond acceptors (Lipinski definition) is 5. The van der Waals surface area contributed by atoms with E-state index in [1.807, 2.05) is 13.8 Å². The predicted molar refractivity (Wildman–Crippen MR) is 88.3 cm³/mol. The van der Waals surface area contributed by atoms with Crippen LogP contribution in [0.5, 0.6) is 0 Å². The molecule has 21 heavy (non-hydrogen) atoms. The van der Waals surface area contributed by atoms with E-state index in [9.17, 15) is 9.13 Å². The molecule has 0 amide bonds. The fraction of sp³-hybridized carbons (Fsp3) is 1.00. The van der Waals surface area contributed by atoms with Gasteiger partial charge >= 0.3 is 15.2 Å². The van der Waals surface area contributed by atoms with Gasteiger partial charge in [-0.2, -0.15) is 0 Å². The van der Waals surface area contributed by atoms with Gasteiger partial charge in [0.15, 0.2) is 0 Å². The van der Waals surface area contributed by atoms with Gasteiger partial charge < -0.3 is 9.05 Å². The molecule has 0 aliphatic heterocycles. The van der Waals surface area contributed by atoms with Crippen molar-refractivity contribution in [3.05, 3.63) is 0 Å². The van der Waals surface area contributed by atoms with E-state index in [1.54, 1.807) is 27.7 Å². The molecule has 0 aliphatic carbocycles. The largest absolute Gasteiger partial charge is 0.340 e. The van der Waals surface area contributed by atoms with Crippen LogP contribution in [0.15, 0.2) is 0 Å². The Labute approximate surface area is 130 Å². The van der Waals surface area contributed by atoms with Crippen molar-refractivity contribution < 1.29 is 22.5 Å². The van der Waals surface area contributed by atoms with Gasteiger partial charge in [0.2, 0.25) is 0 Å². The first-order chi connectivity index (χ1) is 9.72. The van der Waals surface area contributed by atoms with Crippen molar-refractivity contribution in [1.29, 1.82) is 0 Å². The molecular weight excluding hydrogens is 310 g/mol. The third kappa shape index (κ3) is 7.43. The van der Waals surface area contributed by atoms with Crippen LogP contribution in [0, 0.1) is 0 Å². The molecule has 0 aromatic heterocycles. The summed E-state index contributed by atoms with van der Waals surface area (Å²) < 4.78 is 42.1. The summed E-state index contributed by atoms with van der Waals surface area (Å²) in [6, 6.07) is 0. The smallest absolute Gasteiger partial charge is 0.308 e. The minimum Gasteiger partial charge on any atom is -0.308 e. The lowest BCUT2D eigenvalue weighted by atomic mass is 10.4. The third-order valence-corrected chi connectivity index (χ3v) is 8.47. The van der Waals surface area contributed by atoms with Crippen LogP contribution in [0.25, 0.3) is 0 Å². The fourth-order valence-electron chi connectivity index (χ4n) is 1.36. The lowest BCUT2D eigenvalue weighted by molar-refractivity contribution is 0.215. The second-order valence-electron chi connectivity index (χ2n) is 5.72. The Bertz CT molecular complexity index is 334. The van der Waals surface area contributed by atoms with Crippen molar-refractivity contribution in [1.82, 2.24) is 0 Å². The summed E-state index contributed by atoms with van der Waals surface area (Å²) in [6.45, 7) is 11.8. The van der Waals surface area contributed by atoms with Crippen molar-refractivity contribution >= 4 is 15.2 Å². The van der Waals surface area contributed by atoms with Crippen LogP contribution in [-0.4, -0.2) is 24.5 Å². The van der Waals surface area contributed by atoms with Gasteiger partial charge in [0.1, 0.15) is 0 Å². The first kappa shape index (κ1) is 21.3. The van der Waals surface area contributed by atoms with Crippen molar-refractivity contribution in [2.75, 3.05) is 13.2 Å². The first-order valence-corrected chi connectivity index (χ1v) is 11.1. The molecule has 0 bridgehead atoms. The summed E-state index contributed by atoms with van der Waals surface area (Å²) in [4.78, 5) is 0. The van der Waals surface area contributed by atoms with Crippen LogP contribution in [-0.2, 0) is 22.5 Å². The van der Waals surface area contributed by atoms with Gasteiger partial charge in [0.25, 0.3) is 0 Å². The molecule has 0 N–H and O–H groups in total. The third-order valence-electron chi connectivity index (χ3n) is 3.03. The molecule has 0 saturated heterocycles. The molecule has 0 aromatic rings. The van der Waals surface area contributed by atoms with E-state index in [-0.39, 0.29) is 11.3 Å². The highest BCUT2D eigenvalue weighted by Crippen LogP contribution is 2.68. The van der Waals surface area contributed by atoms with Crippen molar-refractivity contribution in [2.45, 2.75) is 78.5 Å². The summed E-state index contributed by atoms with van der Waals surface area (Å²) in [5.74, 6) is 0. The number of hydrogen-bond donors (Lipinski definition) is 0. The van der Waals surface area contributed by atoms with E-state index >= 15 is 0 Å². The van der Waals surface area contributed by atoms with Crippen LogP contribution in [0.2, 0.25) is 0 Å². The summed E-state index contributed by atoms with van der Waals surface area (Å²) in [5.41, 5.74) is -0.701. The van der Waals surface area contributed by atoms with Gasteiger partial charge in [-0.25, -0.2) is 4.31 Å². The Balaban J connectivity index is 4.97. The zero-order chi connectivity index (χ0) is 16.5. The summed E-state index contributed by atoms with van der Waals surface area (Å²) in [5, 5.41) is 0. The van der Waals surface area contributed by atoms with Crippen molar-refractivity contribution in [3.63, 3.8) is 0 Å². The van der Waals surface area contributed by atoms with E-state index in [2.05, 4.69) is 0 Å². The molecule has 0 spiro atoms. The maximum absolute atomic E-state index is 12.8. The Kier molecular flexibility index (Phi) is 10.3. The maximum Gasteiger partial charge on any atom is 0.340 e. The van der Waals surface area contributed by atoms with E-state index in [1.165, 1.54) is 0 Å². The van der Waals surface area contributed by atoms with Crippen molar-refractivity contribution in [3.8, 4) is 0 Å². The monoisotopic (exact) mass is 342 g/mol. The van der Waals surface area contributed by atoms with Crippen LogP contribution in [0.4, 0.5) is 0 Å². The van der Waals surface area contributed by atoms with E-state index in [4.69, 9.17) is 13.4 Å². The predicted octanol–water partition coefficient (Wildman–Crippen LogP) is 5.84. The summed E-state index contributed by atoms with van der Waals surface area (Å²) in [6.07, 6.45) is 3.46. The molecule has 0 heterocycles. The number of rotatable bonds is 12. The molecular formula is C14H32O5P2. The van der Waals surface area contributed by atoms with Gasteiger partial charge in [0.05, 0.1) is 24.5 Å². The van der Waals surface area contributed by atoms with Gasteiger partial charge in [-0.1, -0.05) is 54.4 Å². The Morgan fingerprint density at radius 2 is 1.10 bits per heavy atom. The Hall–Kier alpha value is 0.340. The molecule has 5 nitrogen and oxygen atoms in total. The molecule has 0 radical (unpaired) electrons. The zero-order valence-electron chi connectivity index (χ0n) is 14.3. The van der Waals surface area contributed by atoms with Crippen LogP contribution in [0.1, 0.15) is 67.2 Å². The molecule has 7 heteroatoms. The minimum absolute atomic E-state index is 0.346. The zero-order valence-corrected chi connectivity index (χ0v) is 16.1. The normalized spacial score (nSPS) is 17.9. The molecule has 128 valence electrons. The molecule has 0 aromatic carbocycles. The number of unbranched alkanes of at least 4 members (excludes halogenated alkanes) is 2. The highest BCUT2D eigenvalue weighted by molar-refractivity contribution is 7.67. The van der Waals surface area contributed by atoms with Crippen LogP contribution >= 0.6 is 15.2 Å². The molecule has 0 rings (SSSR count). The fourth-order valence-corrected chi connectivity index (χ4v) is 5.88. The molecule has 0 aliphatic rings. The lowest BCUT2D eigenvalue weighted by Crippen LogP contribution is -2.11. The SMILES string of the molecule is CCCCOP(=O)(OP(=O)(OCCCC)C(C)C)C(C)C. The van der Waals surface area contributed by atoms with Gasteiger partial charge in [-0.3, -0.25) is 9.13 Å². The van der Waals surface area contributed by atoms with E-state index < -0.39 is 15.2 Å². The second kappa shape index (κ2) is 10.2. The highest BCUT2D eigenvalue weighted by Gasteiger charge is 2.41. The molecule has 0 saturated carbocycles.